The molecule has 13 heteroatoms. The third kappa shape index (κ3) is 10.6. The number of rotatable bonds is 7. The van der Waals surface area contributed by atoms with Crippen molar-refractivity contribution >= 4 is 35.4 Å². The van der Waals surface area contributed by atoms with Crippen LogP contribution < -0.4 is 31.3 Å². The predicted molar refractivity (Wildman–Crippen MR) is 188 cm³/mol. The number of carbonyl (C=O) groups excluding carboxylic acids is 6. The van der Waals surface area contributed by atoms with Crippen LogP contribution in [0.15, 0.2) is 78.9 Å². The maximum absolute atomic E-state index is 13.6. The molecule has 3 aromatic carbocycles. The minimum absolute atomic E-state index is 0.109. The van der Waals surface area contributed by atoms with E-state index in [1.807, 2.05) is 54.6 Å². The molecule has 0 radical (unpaired) electrons. The largest absolute Gasteiger partial charge is 0.493 e. The molecule has 0 bridgehead atoms. The molecule has 2 heterocycles. The summed E-state index contributed by atoms with van der Waals surface area (Å²) in [5, 5.41) is 13.7. The molecular weight excluding hydrogens is 652 g/mol. The van der Waals surface area contributed by atoms with Crippen molar-refractivity contribution in [3.63, 3.8) is 0 Å². The molecule has 0 unspecified atom stereocenters. The summed E-state index contributed by atoms with van der Waals surface area (Å²) >= 11 is 0. The smallest absolute Gasteiger partial charge is 0.255 e. The normalized spacial score (nSPS) is 20.8. The van der Waals surface area contributed by atoms with Gasteiger partial charge in [-0.05, 0) is 48.6 Å². The third-order valence-electron chi connectivity index (χ3n) is 8.71. The van der Waals surface area contributed by atoms with E-state index in [0.29, 0.717) is 25.9 Å². The van der Waals surface area contributed by atoms with Gasteiger partial charge in [0.1, 0.15) is 23.9 Å². The van der Waals surface area contributed by atoms with Crippen LogP contribution in [0.25, 0.3) is 0 Å². The standard InChI is InChI=1S/C38H44N6O7/c1-25-35(47)42-30(21-26-10-3-2-4-11-26)37(49)39-17-9-19-51-32-15-6-5-14-29(32)36(48)43-31(22-33(45)41-25)38(50)40-23-27-12-7-13-28(20-27)24-44-18-8-16-34(44)46/h2-7,10-15,20,25,30-31H,8-9,16-19,21-24H2,1H3,(H,39,49)(H,40,50)(H,41,45)(H,42,47)(H,43,48)/t25-,30-,31-/m0/s1. The molecule has 1 saturated heterocycles. The highest BCUT2D eigenvalue weighted by atomic mass is 16.5. The van der Waals surface area contributed by atoms with Crippen LogP contribution in [0.1, 0.15) is 59.7 Å². The monoisotopic (exact) mass is 696 g/mol. The quantitative estimate of drug-likeness (QED) is 0.250. The minimum atomic E-state index is -1.30. The highest BCUT2D eigenvalue weighted by molar-refractivity contribution is 6.01. The van der Waals surface area contributed by atoms with E-state index in [9.17, 15) is 28.8 Å². The summed E-state index contributed by atoms with van der Waals surface area (Å²) in [4.78, 5) is 80.7. The van der Waals surface area contributed by atoms with Crippen LogP contribution in [-0.2, 0) is 43.5 Å². The van der Waals surface area contributed by atoms with Gasteiger partial charge in [0, 0.05) is 39.0 Å². The van der Waals surface area contributed by atoms with Gasteiger partial charge in [0.05, 0.1) is 18.6 Å². The van der Waals surface area contributed by atoms with Crippen molar-refractivity contribution in [3.8, 4) is 5.75 Å². The Morgan fingerprint density at radius 1 is 0.843 bits per heavy atom. The van der Waals surface area contributed by atoms with Crippen LogP contribution in [0, 0.1) is 0 Å². The number of hydrogen-bond acceptors (Lipinski definition) is 7. The average Bonchev–Trinajstić information content (AvgIpc) is 3.53. The Kier molecular flexibility index (Phi) is 12.8. The van der Waals surface area contributed by atoms with E-state index in [0.717, 1.165) is 23.1 Å². The minimum Gasteiger partial charge on any atom is -0.493 e. The number of fused-ring (bicyclic) bond motifs is 1. The fourth-order valence-electron chi connectivity index (χ4n) is 5.96. The molecule has 0 aromatic heterocycles. The third-order valence-corrected chi connectivity index (χ3v) is 8.71. The summed E-state index contributed by atoms with van der Waals surface area (Å²) < 4.78 is 5.89. The van der Waals surface area contributed by atoms with Crippen LogP contribution >= 0.6 is 0 Å². The SMILES string of the molecule is C[C@@H]1NC(=O)C[C@@H](C(=O)NCc2cccc(CN3CCCC3=O)c2)NC(=O)c2ccccc2OCCCNC(=O)[C@H](Cc2ccccc2)NC1=O. The molecule has 0 aliphatic carbocycles. The summed E-state index contributed by atoms with van der Waals surface area (Å²) in [5.41, 5.74) is 2.71. The van der Waals surface area contributed by atoms with E-state index >= 15 is 0 Å². The first kappa shape index (κ1) is 36.6. The molecule has 1 fully saturated rings. The van der Waals surface area contributed by atoms with Crippen molar-refractivity contribution in [1.29, 1.82) is 0 Å². The Hall–Kier alpha value is -5.72. The lowest BCUT2D eigenvalue weighted by Crippen LogP contribution is -2.55. The topological polar surface area (TPSA) is 175 Å². The van der Waals surface area contributed by atoms with E-state index in [-0.39, 0.29) is 43.3 Å². The van der Waals surface area contributed by atoms with Crippen molar-refractivity contribution < 1.29 is 33.5 Å². The van der Waals surface area contributed by atoms with E-state index in [2.05, 4.69) is 26.6 Å². The highest BCUT2D eigenvalue weighted by Gasteiger charge is 2.29. The number of likely N-dealkylation sites (tertiary alicyclic amines) is 1. The van der Waals surface area contributed by atoms with E-state index < -0.39 is 54.1 Å². The molecule has 5 N–H and O–H groups in total. The number of para-hydroxylation sites is 1. The second kappa shape index (κ2) is 17.8. The van der Waals surface area contributed by atoms with Crippen molar-refractivity contribution in [2.45, 2.75) is 70.2 Å². The van der Waals surface area contributed by atoms with Crippen molar-refractivity contribution in [2.75, 3.05) is 19.7 Å². The lowest BCUT2D eigenvalue weighted by Gasteiger charge is -2.23. The summed E-state index contributed by atoms with van der Waals surface area (Å²) in [7, 11) is 0. The Morgan fingerprint density at radius 2 is 1.59 bits per heavy atom. The predicted octanol–water partition coefficient (Wildman–Crippen LogP) is 1.74. The number of carbonyl (C=O) groups is 6. The van der Waals surface area contributed by atoms with Gasteiger partial charge in [0.2, 0.25) is 29.5 Å². The second-order valence-corrected chi connectivity index (χ2v) is 12.7. The number of nitrogens with one attached hydrogen (secondary N) is 5. The Bertz CT molecular complexity index is 1730. The Balaban J connectivity index is 1.31. The number of benzene rings is 3. The first-order chi connectivity index (χ1) is 24.7. The zero-order chi connectivity index (χ0) is 36.2. The zero-order valence-corrected chi connectivity index (χ0v) is 28.6. The van der Waals surface area contributed by atoms with Gasteiger partial charge in [-0.3, -0.25) is 28.8 Å². The van der Waals surface area contributed by atoms with Gasteiger partial charge in [0.25, 0.3) is 5.91 Å². The number of amides is 6. The molecule has 3 atom stereocenters. The van der Waals surface area contributed by atoms with Crippen LogP contribution in [0.2, 0.25) is 0 Å². The van der Waals surface area contributed by atoms with Crippen LogP contribution in [0.3, 0.4) is 0 Å². The Labute approximate surface area is 296 Å². The van der Waals surface area contributed by atoms with Gasteiger partial charge in [-0.25, -0.2) is 0 Å². The van der Waals surface area contributed by atoms with Gasteiger partial charge in [0.15, 0.2) is 0 Å². The molecule has 51 heavy (non-hydrogen) atoms. The van der Waals surface area contributed by atoms with E-state index in [1.165, 1.54) is 6.92 Å². The molecule has 0 saturated carbocycles. The molecule has 0 spiro atoms. The lowest BCUT2D eigenvalue weighted by atomic mass is 10.0. The zero-order valence-electron chi connectivity index (χ0n) is 28.6. The molecule has 13 nitrogen and oxygen atoms in total. The van der Waals surface area contributed by atoms with Gasteiger partial charge in [-0.1, -0.05) is 66.7 Å². The van der Waals surface area contributed by atoms with Crippen LogP contribution in [0.5, 0.6) is 5.75 Å². The van der Waals surface area contributed by atoms with Crippen LogP contribution in [-0.4, -0.2) is 78.2 Å². The van der Waals surface area contributed by atoms with Crippen molar-refractivity contribution in [2.24, 2.45) is 0 Å². The highest BCUT2D eigenvalue weighted by Crippen LogP contribution is 2.19. The number of nitrogens with zero attached hydrogens (tertiary/aromatic N) is 1. The molecule has 2 aliphatic rings. The van der Waals surface area contributed by atoms with Gasteiger partial charge >= 0.3 is 0 Å². The molecule has 3 aromatic rings. The summed E-state index contributed by atoms with van der Waals surface area (Å²) in [6.45, 7) is 3.20. The first-order valence-corrected chi connectivity index (χ1v) is 17.2. The molecular formula is C38H44N6O7. The van der Waals surface area contributed by atoms with Crippen LogP contribution in [0.4, 0.5) is 0 Å². The first-order valence-electron chi connectivity index (χ1n) is 17.2. The molecule has 268 valence electrons. The lowest BCUT2D eigenvalue weighted by molar-refractivity contribution is -0.132. The number of hydrogen-bond donors (Lipinski definition) is 5. The summed E-state index contributed by atoms with van der Waals surface area (Å²) in [5.74, 6) is -2.47. The van der Waals surface area contributed by atoms with E-state index in [1.54, 1.807) is 29.2 Å². The van der Waals surface area contributed by atoms with Gasteiger partial charge in [-0.2, -0.15) is 0 Å². The second-order valence-electron chi connectivity index (χ2n) is 12.7. The fourth-order valence-corrected chi connectivity index (χ4v) is 5.96. The fraction of sp³-hybridized carbons (Fsp3) is 0.368. The summed E-state index contributed by atoms with van der Waals surface area (Å²) in [6.07, 6.45) is 1.56. The molecule has 6 amide bonds. The maximum atomic E-state index is 13.6. The number of ether oxygens (including phenoxy) is 1. The van der Waals surface area contributed by atoms with Gasteiger partial charge < -0.3 is 36.2 Å². The molecule has 2 aliphatic heterocycles. The average molecular weight is 697 g/mol. The summed E-state index contributed by atoms with van der Waals surface area (Å²) in [6, 6.07) is 20.0. The maximum Gasteiger partial charge on any atom is 0.255 e. The van der Waals surface area contributed by atoms with E-state index in [4.69, 9.17) is 4.74 Å². The van der Waals surface area contributed by atoms with Crippen molar-refractivity contribution in [1.82, 2.24) is 31.5 Å². The van der Waals surface area contributed by atoms with Gasteiger partial charge in [-0.15, -0.1) is 0 Å². The van der Waals surface area contributed by atoms with Crippen molar-refractivity contribution in [3.05, 3.63) is 101 Å². The molecule has 5 rings (SSSR count). The Morgan fingerprint density at radius 3 is 2.37 bits per heavy atom.